The van der Waals surface area contributed by atoms with E-state index in [1.807, 2.05) is 38.6 Å². The van der Waals surface area contributed by atoms with Crippen molar-refractivity contribution < 1.29 is 0 Å². The van der Waals surface area contributed by atoms with E-state index in [9.17, 15) is 0 Å². The van der Waals surface area contributed by atoms with Crippen LogP contribution in [0.5, 0.6) is 0 Å². The Hall–Kier alpha value is -1.81. The molecule has 4 heteroatoms. The zero-order chi connectivity index (χ0) is 13.8. The minimum Gasteiger partial charge on any atom is -0.377 e. The lowest BCUT2D eigenvalue weighted by Gasteiger charge is -2.18. The lowest BCUT2D eigenvalue weighted by Crippen LogP contribution is -2.11. The van der Waals surface area contributed by atoms with E-state index < -0.39 is 0 Å². The molecule has 0 radical (unpaired) electrons. The van der Waals surface area contributed by atoms with E-state index in [0.29, 0.717) is 0 Å². The predicted octanol–water partition coefficient (Wildman–Crippen LogP) is 3.33. The van der Waals surface area contributed by atoms with Crippen LogP contribution in [0, 0.1) is 0 Å². The first kappa shape index (κ1) is 13.6. The van der Waals surface area contributed by atoms with E-state index in [1.54, 1.807) is 6.20 Å². The van der Waals surface area contributed by atoms with Crippen molar-refractivity contribution in [2.75, 3.05) is 25.3 Å². The molecule has 0 fully saturated rings. The third-order valence-electron chi connectivity index (χ3n) is 2.84. The topological polar surface area (TPSA) is 29.0 Å². The second-order valence-corrected chi connectivity index (χ2v) is 5.09. The second kappa shape index (κ2) is 5.89. The number of aromatic nitrogens is 2. The number of hydrogen-bond donors (Lipinski definition) is 0. The van der Waals surface area contributed by atoms with Gasteiger partial charge in [-0.1, -0.05) is 36.5 Å². The largest absolute Gasteiger partial charge is 0.377 e. The Bertz CT molecular complexity index is 593. The van der Waals surface area contributed by atoms with Crippen molar-refractivity contribution >= 4 is 23.0 Å². The molecule has 0 unspecified atom stereocenters. The molecule has 0 N–H and O–H groups in total. The Morgan fingerprint density at radius 3 is 2.63 bits per heavy atom. The minimum absolute atomic E-state index is 0.765. The van der Waals surface area contributed by atoms with Gasteiger partial charge in [0.1, 0.15) is 0 Å². The standard InChI is InChI=1S/C15H17N3S/c1-11(13-9-10-16-15(17-13)19-4)12-7-5-6-8-14(12)18(2)3/h5-10H,1H2,2-4H3. The third kappa shape index (κ3) is 2.96. The van der Waals surface area contributed by atoms with E-state index in [2.05, 4.69) is 33.6 Å². The van der Waals surface area contributed by atoms with E-state index in [1.165, 1.54) is 11.8 Å². The van der Waals surface area contributed by atoms with Crippen molar-refractivity contribution in [2.24, 2.45) is 0 Å². The molecule has 2 rings (SSSR count). The van der Waals surface area contributed by atoms with E-state index >= 15 is 0 Å². The first-order valence-corrected chi connectivity index (χ1v) is 7.19. The lowest BCUT2D eigenvalue weighted by atomic mass is 10.0. The highest BCUT2D eigenvalue weighted by molar-refractivity contribution is 7.98. The molecule has 1 heterocycles. The van der Waals surface area contributed by atoms with Crippen molar-refractivity contribution in [3.63, 3.8) is 0 Å². The molecule has 0 bridgehead atoms. The van der Waals surface area contributed by atoms with Crippen LogP contribution in [0.25, 0.3) is 5.57 Å². The van der Waals surface area contributed by atoms with Crippen LogP contribution in [0.1, 0.15) is 11.3 Å². The minimum atomic E-state index is 0.765. The average molecular weight is 271 g/mol. The third-order valence-corrected chi connectivity index (χ3v) is 3.40. The Balaban J connectivity index is 2.44. The van der Waals surface area contributed by atoms with E-state index in [4.69, 9.17) is 0 Å². The first-order chi connectivity index (χ1) is 9.13. The molecule has 0 atom stereocenters. The Labute approximate surface area is 118 Å². The summed E-state index contributed by atoms with van der Waals surface area (Å²) in [6.45, 7) is 4.19. The molecular formula is C15H17N3S. The van der Waals surface area contributed by atoms with Crippen LogP contribution < -0.4 is 4.90 Å². The normalized spacial score (nSPS) is 10.3. The molecule has 3 nitrogen and oxygen atoms in total. The van der Waals surface area contributed by atoms with Gasteiger partial charge in [-0.2, -0.15) is 0 Å². The molecule has 19 heavy (non-hydrogen) atoms. The number of rotatable bonds is 4. The fourth-order valence-corrected chi connectivity index (χ4v) is 2.22. The number of nitrogens with zero attached hydrogens (tertiary/aromatic N) is 3. The average Bonchev–Trinajstić information content (AvgIpc) is 2.46. The number of hydrogen-bond acceptors (Lipinski definition) is 4. The van der Waals surface area contributed by atoms with Gasteiger partial charge in [-0.25, -0.2) is 9.97 Å². The number of para-hydroxylation sites is 1. The summed E-state index contributed by atoms with van der Waals surface area (Å²) < 4.78 is 0. The SMILES string of the molecule is C=C(c1ccnc(SC)n1)c1ccccc1N(C)C. The van der Waals surface area contributed by atoms with Gasteiger partial charge in [0.15, 0.2) is 5.16 Å². The van der Waals surface area contributed by atoms with Gasteiger partial charge in [0, 0.05) is 37.1 Å². The fourth-order valence-electron chi connectivity index (χ4n) is 1.86. The highest BCUT2D eigenvalue weighted by atomic mass is 32.2. The van der Waals surface area contributed by atoms with Crippen molar-refractivity contribution in [1.82, 2.24) is 9.97 Å². The van der Waals surface area contributed by atoms with Crippen LogP contribution >= 0.6 is 11.8 Å². The quantitative estimate of drug-likeness (QED) is 0.630. The fraction of sp³-hybridized carbons (Fsp3) is 0.200. The van der Waals surface area contributed by atoms with Crippen molar-refractivity contribution in [3.8, 4) is 0 Å². The van der Waals surface area contributed by atoms with Crippen LogP contribution in [0.3, 0.4) is 0 Å². The van der Waals surface area contributed by atoms with Gasteiger partial charge in [-0.3, -0.25) is 0 Å². The number of benzene rings is 1. The molecule has 2 aromatic rings. The van der Waals surface area contributed by atoms with Gasteiger partial charge in [-0.05, 0) is 18.4 Å². The van der Waals surface area contributed by atoms with Crippen LogP contribution in [0.15, 0.2) is 48.3 Å². The molecular weight excluding hydrogens is 254 g/mol. The molecule has 0 aliphatic heterocycles. The van der Waals surface area contributed by atoms with Crippen molar-refractivity contribution in [3.05, 3.63) is 54.4 Å². The number of thioether (sulfide) groups is 1. The molecule has 0 spiro atoms. The molecule has 98 valence electrons. The van der Waals surface area contributed by atoms with Crippen LogP contribution in [0.4, 0.5) is 5.69 Å². The predicted molar refractivity (Wildman–Crippen MR) is 82.7 cm³/mol. The zero-order valence-corrected chi connectivity index (χ0v) is 12.2. The van der Waals surface area contributed by atoms with Crippen molar-refractivity contribution in [2.45, 2.75) is 5.16 Å². The maximum absolute atomic E-state index is 4.50. The first-order valence-electron chi connectivity index (χ1n) is 5.96. The zero-order valence-electron chi connectivity index (χ0n) is 11.4. The van der Waals surface area contributed by atoms with Gasteiger partial charge in [0.2, 0.25) is 0 Å². The Kier molecular flexibility index (Phi) is 4.22. The summed E-state index contributed by atoms with van der Waals surface area (Å²) in [6, 6.07) is 10.1. The Morgan fingerprint density at radius 2 is 1.95 bits per heavy atom. The van der Waals surface area contributed by atoms with Gasteiger partial charge < -0.3 is 4.90 Å². The molecule has 1 aromatic heterocycles. The highest BCUT2D eigenvalue weighted by Gasteiger charge is 2.10. The molecule has 1 aromatic carbocycles. The molecule has 0 saturated carbocycles. The summed E-state index contributed by atoms with van der Waals surface area (Å²) in [4.78, 5) is 10.8. The smallest absolute Gasteiger partial charge is 0.187 e. The maximum Gasteiger partial charge on any atom is 0.187 e. The number of anilines is 1. The van der Waals surface area contributed by atoms with Gasteiger partial charge in [-0.15, -0.1) is 0 Å². The van der Waals surface area contributed by atoms with Gasteiger partial charge >= 0.3 is 0 Å². The summed E-state index contributed by atoms with van der Waals surface area (Å²) in [5.74, 6) is 0. The van der Waals surface area contributed by atoms with Crippen LogP contribution in [-0.2, 0) is 0 Å². The summed E-state index contributed by atoms with van der Waals surface area (Å²) in [5.41, 5.74) is 4.02. The molecule has 0 aliphatic carbocycles. The van der Waals surface area contributed by atoms with E-state index in [0.717, 1.165) is 27.7 Å². The molecule has 0 aliphatic rings. The summed E-state index contributed by atoms with van der Waals surface area (Å²) >= 11 is 1.53. The Morgan fingerprint density at radius 1 is 1.21 bits per heavy atom. The summed E-state index contributed by atoms with van der Waals surface area (Å²) in [7, 11) is 4.05. The maximum atomic E-state index is 4.50. The summed E-state index contributed by atoms with van der Waals surface area (Å²) in [5, 5.41) is 0.765. The monoisotopic (exact) mass is 271 g/mol. The van der Waals surface area contributed by atoms with Crippen LogP contribution in [-0.4, -0.2) is 30.3 Å². The highest BCUT2D eigenvalue weighted by Crippen LogP contribution is 2.28. The van der Waals surface area contributed by atoms with E-state index in [-0.39, 0.29) is 0 Å². The van der Waals surface area contributed by atoms with Crippen LogP contribution in [0.2, 0.25) is 0 Å². The lowest BCUT2D eigenvalue weighted by molar-refractivity contribution is 0.956. The molecule has 0 saturated heterocycles. The molecule has 0 amide bonds. The van der Waals surface area contributed by atoms with Gasteiger partial charge in [0.25, 0.3) is 0 Å². The van der Waals surface area contributed by atoms with Crippen molar-refractivity contribution in [1.29, 1.82) is 0 Å². The summed E-state index contributed by atoms with van der Waals surface area (Å²) in [6.07, 6.45) is 3.74. The van der Waals surface area contributed by atoms with Gasteiger partial charge in [0.05, 0.1) is 5.69 Å². The second-order valence-electron chi connectivity index (χ2n) is 4.32.